The van der Waals surface area contributed by atoms with Crippen LogP contribution in [0.4, 0.5) is 0 Å². The van der Waals surface area contributed by atoms with Crippen molar-refractivity contribution in [3.05, 3.63) is 147 Å². The number of aliphatic hydroxyl groups is 1. The standard InChI is InChI=1S/C47H54N2O12/c1-54-31-39(50)32-60-45-27-48(46(51)25-33-13-15-34(16-14-33)29-61-49(52)53)26-44(59-28-35-23-37-9-4-6-11-41(37)43(24-35)56-3)47(45)36-17-19-40(20-18-36)58-22-8-21-57-30-38-10-5-7-12-42(38)55-2/h4-7,9-20,23-24,39,44-45,47,50H,8,21-22,25-32H2,1-3H3. The van der Waals surface area contributed by atoms with Gasteiger partial charge in [-0.25, -0.2) is 0 Å². The molecule has 1 fully saturated rings. The third kappa shape index (κ3) is 12.9. The van der Waals surface area contributed by atoms with Gasteiger partial charge >= 0.3 is 0 Å². The van der Waals surface area contributed by atoms with E-state index in [1.807, 2.05) is 78.9 Å². The second-order valence-electron chi connectivity index (χ2n) is 14.8. The summed E-state index contributed by atoms with van der Waals surface area (Å²) < 4.78 is 41.6. The van der Waals surface area contributed by atoms with Crippen LogP contribution in [0.3, 0.4) is 0 Å². The van der Waals surface area contributed by atoms with E-state index in [2.05, 4.69) is 10.9 Å². The molecule has 1 aliphatic rings. The second-order valence-corrected chi connectivity index (χ2v) is 14.8. The van der Waals surface area contributed by atoms with E-state index in [0.717, 1.165) is 44.5 Å². The molecule has 0 bridgehead atoms. The zero-order valence-electron chi connectivity index (χ0n) is 34.8. The summed E-state index contributed by atoms with van der Waals surface area (Å²) in [5, 5.41) is 22.5. The van der Waals surface area contributed by atoms with E-state index in [-0.39, 0.29) is 57.8 Å². The van der Waals surface area contributed by atoms with Gasteiger partial charge in [-0.3, -0.25) is 4.79 Å². The fourth-order valence-corrected chi connectivity index (χ4v) is 7.50. The normalized spacial score (nSPS) is 16.9. The molecule has 61 heavy (non-hydrogen) atoms. The minimum Gasteiger partial charge on any atom is -0.496 e. The largest absolute Gasteiger partial charge is 0.496 e. The van der Waals surface area contributed by atoms with Crippen LogP contribution in [0.1, 0.15) is 40.2 Å². The molecule has 14 nitrogen and oxygen atoms in total. The molecule has 5 aromatic rings. The molecular weight excluding hydrogens is 785 g/mol. The van der Waals surface area contributed by atoms with Gasteiger partial charge in [0.2, 0.25) is 5.91 Å². The van der Waals surface area contributed by atoms with E-state index in [1.54, 1.807) is 43.4 Å². The zero-order chi connectivity index (χ0) is 43.0. The average molecular weight is 839 g/mol. The molecule has 4 atom stereocenters. The Morgan fingerprint density at radius 3 is 2.21 bits per heavy atom. The van der Waals surface area contributed by atoms with Crippen LogP contribution < -0.4 is 14.2 Å². The third-order valence-electron chi connectivity index (χ3n) is 10.5. The van der Waals surface area contributed by atoms with Gasteiger partial charge < -0.3 is 48.0 Å². The maximum absolute atomic E-state index is 14.0. The molecule has 5 aromatic carbocycles. The summed E-state index contributed by atoms with van der Waals surface area (Å²) in [6.07, 6.45) is -1.18. The molecule has 0 aliphatic carbocycles. The summed E-state index contributed by atoms with van der Waals surface area (Å²) in [7, 11) is 4.80. The van der Waals surface area contributed by atoms with Crippen LogP contribution in [0.15, 0.2) is 109 Å². The van der Waals surface area contributed by atoms with Crippen molar-refractivity contribution >= 4 is 16.7 Å². The molecule has 0 spiro atoms. The summed E-state index contributed by atoms with van der Waals surface area (Å²) >= 11 is 0. The molecule has 0 saturated carbocycles. The number of carbonyl (C=O) groups is 1. The van der Waals surface area contributed by atoms with Crippen molar-refractivity contribution in [2.45, 2.75) is 56.9 Å². The van der Waals surface area contributed by atoms with E-state index in [1.165, 1.54) is 7.11 Å². The fourth-order valence-electron chi connectivity index (χ4n) is 7.50. The Kier molecular flexibility index (Phi) is 16.7. The van der Waals surface area contributed by atoms with Crippen molar-refractivity contribution in [2.24, 2.45) is 0 Å². The van der Waals surface area contributed by atoms with E-state index in [0.29, 0.717) is 37.6 Å². The Morgan fingerprint density at radius 1 is 0.770 bits per heavy atom. The molecular formula is C47H54N2O12. The van der Waals surface area contributed by atoms with Crippen molar-refractivity contribution in [2.75, 3.05) is 60.8 Å². The lowest BCUT2D eigenvalue weighted by Gasteiger charge is -2.44. The molecule has 1 heterocycles. The number of rotatable bonds is 23. The third-order valence-corrected chi connectivity index (χ3v) is 10.5. The van der Waals surface area contributed by atoms with Gasteiger partial charge in [-0.05, 0) is 58.0 Å². The van der Waals surface area contributed by atoms with Crippen LogP contribution in [0.2, 0.25) is 0 Å². The molecule has 324 valence electrons. The lowest BCUT2D eigenvalue weighted by atomic mass is 9.84. The zero-order valence-corrected chi connectivity index (χ0v) is 34.8. The molecule has 14 heteroatoms. The summed E-state index contributed by atoms with van der Waals surface area (Å²) in [6, 6.07) is 34.6. The average Bonchev–Trinajstić information content (AvgIpc) is 3.28. The minimum absolute atomic E-state index is 0.0143. The van der Waals surface area contributed by atoms with Gasteiger partial charge in [0.15, 0.2) is 0 Å². The maximum Gasteiger partial charge on any atom is 0.294 e. The molecule has 4 unspecified atom stereocenters. The van der Waals surface area contributed by atoms with Gasteiger partial charge in [0.25, 0.3) is 5.09 Å². The van der Waals surface area contributed by atoms with Crippen LogP contribution in [0, 0.1) is 10.1 Å². The number of aliphatic hydroxyl groups excluding tert-OH is 1. The highest BCUT2D eigenvalue weighted by atomic mass is 16.9. The van der Waals surface area contributed by atoms with E-state index in [4.69, 9.17) is 33.2 Å². The number of carbonyl (C=O) groups excluding carboxylic acids is 1. The quantitative estimate of drug-likeness (QED) is 0.0423. The van der Waals surface area contributed by atoms with Crippen LogP contribution >= 0.6 is 0 Å². The number of piperidine rings is 1. The highest BCUT2D eigenvalue weighted by Gasteiger charge is 2.41. The number of para-hydroxylation sites is 1. The predicted octanol–water partition coefficient (Wildman–Crippen LogP) is 6.70. The summed E-state index contributed by atoms with van der Waals surface area (Å²) in [5.41, 5.74) is 4.17. The number of nitrogens with zero attached hydrogens (tertiary/aromatic N) is 2. The van der Waals surface area contributed by atoms with Gasteiger partial charge in [0.1, 0.15) is 30.0 Å². The topological polar surface area (TPSA) is 158 Å². The highest BCUT2D eigenvalue weighted by Crippen LogP contribution is 2.36. The van der Waals surface area contributed by atoms with Crippen molar-refractivity contribution in [1.82, 2.24) is 4.90 Å². The van der Waals surface area contributed by atoms with Crippen molar-refractivity contribution in [1.29, 1.82) is 0 Å². The Bertz CT molecular complexity index is 2150. The lowest BCUT2D eigenvalue weighted by molar-refractivity contribution is -0.763. The van der Waals surface area contributed by atoms with Crippen LogP contribution in [0.25, 0.3) is 10.8 Å². The van der Waals surface area contributed by atoms with Gasteiger partial charge in [0.05, 0.1) is 72.5 Å². The first-order chi connectivity index (χ1) is 29.7. The summed E-state index contributed by atoms with van der Waals surface area (Å²) in [6.45, 7) is 2.08. The number of methoxy groups -OCH3 is 3. The molecule has 1 saturated heterocycles. The first-order valence-corrected chi connectivity index (χ1v) is 20.3. The smallest absolute Gasteiger partial charge is 0.294 e. The van der Waals surface area contributed by atoms with E-state index in [9.17, 15) is 20.0 Å². The summed E-state index contributed by atoms with van der Waals surface area (Å²) in [4.78, 5) is 30.9. The molecule has 6 rings (SSSR count). The lowest BCUT2D eigenvalue weighted by Crippen LogP contribution is -2.55. The van der Waals surface area contributed by atoms with Gasteiger partial charge in [-0.2, -0.15) is 0 Å². The van der Waals surface area contributed by atoms with Gasteiger partial charge in [-0.15, -0.1) is 10.1 Å². The number of likely N-dealkylation sites (tertiary alicyclic amines) is 1. The van der Waals surface area contributed by atoms with Gasteiger partial charge in [-0.1, -0.05) is 78.9 Å². The Morgan fingerprint density at radius 2 is 1.48 bits per heavy atom. The minimum atomic E-state index is -0.881. The first-order valence-electron chi connectivity index (χ1n) is 20.3. The predicted molar refractivity (Wildman–Crippen MR) is 227 cm³/mol. The number of hydrogen-bond donors (Lipinski definition) is 1. The van der Waals surface area contributed by atoms with Crippen molar-refractivity contribution < 1.29 is 53.0 Å². The molecule has 0 radical (unpaired) electrons. The first kappa shape index (κ1) is 44.8. The number of hydrogen-bond acceptors (Lipinski definition) is 12. The maximum atomic E-state index is 14.0. The second kappa shape index (κ2) is 22.7. The molecule has 1 aliphatic heterocycles. The number of benzene rings is 5. The Labute approximate surface area is 355 Å². The monoisotopic (exact) mass is 838 g/mol. The number of amides is 1. The van der Waals surface area contributed by atoms with E-state index >= 15 is 0 Å². The molecule has 0 aromatic heterocycles. The van der Waals surface area contributed by atoms with Crippen LogP contribution in [0.5, 0.6) is 17.2 Å². The highest BCUT2D eigenvalue weighted by molar-refractivity contribution is 5.89. The Balaban J connectivity index is 1.19. The van der Waals surface area contributed by atoms with Crippen LogP contribution in [-0.2, 0) is 54.8 Å². The molecule has 1 N–H and O–H groups in total. The summed E-state index contributed by atoms with van der Waals surface area (Å²) in [5.74, 6) is 1.75. The number of ether oxygens (including phenoxy) is 7. The van der Waals surface area contributed by atoms with Crippen LogP contribution in [-0.4, -0.2) is 100 Å². The van der Waals surface area contributed by atoms with Gasteiger partial charge in [0, 0.05) is 43.5 Å². The van der Waals surface area contributed by atoms with Crippen molar-refractivity contribution in [3.63, 3.8) is 0 Å². The SMILES string of the molecule is COCC(O)COC1CN(C(=O)Cc2ccc(CO[N+](=O)[O-])cc2)CC(OCc2cc(OC)c3ccccc3c2)C1c1ccc(OCCCOCc2ccccc2OC)cc1. The van der Waals surface area contributed by atoms with Crippen molar-refractivity contribution in [3.8, 4) is 17.2 Å². The Hall–Kier alpha value is -5.77. The van der Waals surface area contributed by atoms with E-state index < -0.39 is 23.4 Å². The molecule has 1 amide bonds. The number of fused-ring (bicyclic) bond motifs is 1. The fraction of sp³-hybridized carbons (Fsp3) is 0.383.